The van der Waals surface area contributed by atoms with Crippen LogP contribution < -0.4 is 0 Å². The molecule has 0 N–H and O–H groups in total. The zero-order valence-electron chi connectivity index (χ0n) is 12.3. The third kappa shape index (κ3) is 3.58. The van der Waals surface area contributed by atoms with Crippen molar-refractivity contribution in [2.75, 3.05) is 0 Å². The first kappa shape index (κ1) is 15.4. The normalized spacial score (nSPS) is 24.7. The lowest BCUT2D eigenvalue weighted by atomic mass is 9.79. The maximum absolute atomic E-state index is 11.7. The van der Waals surface area contributed by atoms with Crippen molar-refractivity contribution >= 4 is 0 Å². The molecule has 4 heteroatoms. The van der Waals surface area contributed by atoms with Gasteiger partial charge in [-0.05, 0) is 18.9 Å². The van der Waals surface area contributed by atoms with E-state index >= 15 is 0 Å². The minimum absolute atomic E-state index is 0.180. The van der Waals surface area contributed by atoms with Crippen LogP contribution in [0, 0.1) is 10.1 Å². The van der Waals surface area contributed by atoms with Crippen molar-refractivity contribution in [1.29, 1.82) is 0 Å². The number of rotatable bonds is 6. The number of hydrogen-bond acceptors (Lipinski definition) is 3. The second-order valence-electron chi connectivity index (χ2n) is 5.68. The predicted molar refractivity (Wildman–Crippen MR) is 82.5 cm³/mol. The molecule has 1 aliphatic carbocycles. The molecule has 1 aliphatic rings. The molecule has 4 nitrogen and oxygen atoms in total. The molecule has 2 rings (SSSR count). The van der Waals surface area contributed by atoms with E-state index in [1.807, 2.05) is 49.4 Å². The summed E-state index contributed by atoms with van der Waals surface area (Å²) in [6.45, 7) is 6.05. The Bertz CT molecular complexity index is 538. The van der Waals surface area contributed by atoms with Crippen LogP contribution in [0.5, 0.6) is 0 Å². The highest BCUT2D eigenvalue weighted by Crippen LogP contribution is 2.35. The maximum atomic E-state index is 11.7. The van der Waals surface area contributed by atoms with E-state index in [2.05, 4.69) is 6.58 Å². The van der Waals surface area contributed by atoms with Crippen molar-refractivity contribution in [3.8, 4) is 0 Å². The molecular formula is C17H21NO3. The van der Waals surface area contributed by atoms with Gasteiger partial charge < -0.3 is 4.74 Å². The molecule has 1 aromatic carbocycles. The van der Waals surface area contributed by atoms with Crippen LogP contribution >= 0.6 is 0 Å². The summed E-state index contributed by atoms with van der Waals surface area (Å²) < 4.78 is 5.88. The van der Waals surface area contributed by atoms with Gasteiger partial charge in [-0.2, -0.15) is 0 Å². The van der Waals surface area contributed by atoms with Crippen LogP contribution in [0.25, 0.3) is 0 Å². The van der Waals surface area contributed by atoms with Crippen LogP contribution in [-0.4, -0.2) is 16.6 Å². The van der Waals surface area contributed by atoms with Gasteiger partial charge in [0.15, 0.2) is 0 Å². The summed E-state index contributed by atoms with van der Waals surface area (Å²) in [5.41, 5.74) is 0.745. The second-order valence-corrected chi connectivity index (χ2v) is 5.68. The summed E-state index contributed by atoms with van der Waals surface area (Å²) in [4.78, 5) is 11.5. The van der Waals surface area contributed by atoms with Crippen molar-refractivity contribution in [3.05, 3.63) is 70.3 Å². The Balaban J connectivity index is 2.16. The van der Waals surface area contributed by atoms with E-state index in [4.69, 9.17) is 4.74 Å². The minimum atomic E-state index is -1.09. The highest BCUT2D eigenvalue weighted by atomic mass is 16.6. The summed E-state index contributed by atoms with van der Waals surface area (Å²) in [5, 5.41) is 11.7. The molecule has 112 valence electrons. The second kappa shape index (κ2) is 6.68. The zero-order valence-corrected chi connectivity index (χ0v) is 12.3. The zero-order chi connectivity index (χ0) is 15.3. The van der Waals surface area contributed by atoms with E-state index in [1.165, 1.54) is 0 Å². The van der Waals surface area contributed by atoms with Gasteiger partial charge in [0.1, 0.15) is 6.10 Å². The monoisotopic (exact) mass is 287 g/mol. The molecule has 0 unspecified atom stereocenters. The van der Waals surface area contributed by atoms with Crippen LogP contribution in [0.15, 0.2) is 54.6 Å². The quantitative estimate of drug-likeness (QED) is 0.453. The maximum Gasteiger partial charge on any atom is 0.255 e. The smallest absolute Gasteiger partial charge is 0.255 e. The van der Waals surface area contributed by atoms with E-state index in [0.29, 0.717) is 25.9 Å². The van der Waals surface area contributed by atoms with Gasteiger partial charge in [-0.15, -0.1) is 0 Å². The van der Waals surface area contributed by atoms with Crippen LogP contribution in [-0.2, 0) is 11.3 Å². The fraction of sp³-hybridized carbons (Fsp3) is 0.412. The molecular weight excluding hydrogens is 266 g/mol. The van der Waals surface area contributed by atoms with Crippen LogP contribution in [0.2, 0.25) is 0 Å². The Morgan fingerprint density at radius 2 is 2.19 bits per heavy atom. The lowest BCUT2D eigenvalue weighted by Gasteiger charge is -2.33. The molecule has 0 heterocycles. The first-order chi connectivity index (χ1) is 10.0. The van der Waals surface area contributed by atoms with E-state index in [0.717, 1.165) is 11.1 Å². The third-order valence-electron chi connectivity index (χ3n) is 3.83. The largest absolute Gasteiger partial charge is 0.362 e. The average Bonchev–Trinajstić information content (AvgIpc) is 2.46. The highest BCUT2D eigenvalue weighted by molar-refractivity contribution is 5.15. The van der Waals surface area contributed by atoms with E-state index in [1.54, 1.807) is 0 Å². The predicted octanol–water partition coefficient (Wildman–Crippen LogP) is 3.90. The number of allylic oxidation sites excluding steroid dienone is 1. The summed E-state index contributed by atoms with van der Waals surface area (Å²) >= 11 is 0. The molecule has 0 bridgehead atoms. The lowest BCUT2D eigenvalue weighted by Crippen LogP contribution is -2.51. The van der Waals surface area contributed by atoms with Gasteiger partial charge in [0.2, 0.25) is 0 Å². The number of nitrogens with zero attached hydrogens (tertiary/aromatic N) is 1. The summed E-state index contributed by atoms with van der Waals surface area (Å²) in [5.74, 6) is 0. The summed E-state index contributed by atoms with van der Waals surface area (Å²) in [6, 6.07) is 9.72. The van der Waals surface area contributed by atoms with Crippen molar-refractivity contribution < 1.29 is 9.66 Å². The lowest BCUT2D eigenvalue weighted by molar-refractivity contribution is -0.583. The van der Waals surface area contributed by atoms with Crippen molar-refractivity contribution in [1.82, 2.24) is 0 Å². The molecule has 0 radical (unpaired) electrons. The first-order valence-corrected chi connectivity index (χ1v) is 7.16. The Morgan fingerprint density at radius 1 is 1.48 bits per heavy atom. The van der Waals surface area contributed by atoms with Crippen LogP contribution in [0.3, 0.4) is 0 Å². The first-order valence-electron chi connectivity index (χ1n) is 7.16. The summed E-state index contributed by atoms with van der Waals surface area (Å²) in [6.07, 6.45) is 4.83. The van der Waals surface area contributed by atoms with Gasteiger partial charge in [-0.3, -0.25) is 10.1 Å². The molecule has 0 amide bonds. The number of ether oxygens (including phenoxy) is 1. The van der Waals surface area contributed by atoms with Gasteiger partial charge >= 0.3 is 0 Å². The van der Waals surface area contributed by atoms with Gasteiger partial charge in [-0.25, -0.2) is 0 Å². The Labute approximate surface area is 125 Å². The Morgan fingerprint density at radius 3 is 2.81 bits per heavy atom. The van der Waals surface area contributed by atoms with E-state index < -0.39 is 11.6 Å². The number of hydrogen-bond donors (Lipinski definition) is 0. The molecule has 0 aromatic heterocycles. The van der Waals surface area contributed by atoms with Gasteiger partial charge in [0.25, 0.3) is 5.54 Å². The highest BCUT2D eigenvalue weighted by Gasteiger charge is 2.50. The molecule has 0 saturated carbocycles. The van der Waals surface area contributed by atoms with Crippen molar-refractivity contribution in [3.63, 3.8) is 0 Å². The van der Waals surface area contributed by atoms with Gasteiger partial charge in [-0.1, -0.05) is 54.6 Å². The molecule has 2 atom stereocenters. The standard InChI is InChI=1S/C17H21NO3/c1-14(2)12-17(18(19)20)11-7-6-10-16(17)21-13-15-8-4-3-5-9-15/h3-6,8-10,16H,1,7,11-13H2,2H3/t16-,17-/m0/s1. The van der Waals surface area contributed by atoms with Gasteiger partial charge in [0, 0.05) is 17.8 Å². The van der Waals surface area contributed by atoms with Gasteiger partial charge in [0.05, 0.1) is 6.61 Å². The van der Waals surface area contributed by atoms with E-state index in [9.17, 15) is 10.1 Å². The number of nitro groups is 1. The molecule has 0 saturated heterocycles. The summed E-state index contributed by atoms with van der Waals surface area (Å²) in [7, 11) is 0. The van der Waals surface area contributed by atoms with Crippen molar-refractivity contribution in [2.45, 2.75) is 44.4 Å². The molecule has 1 aromatic rings. The molecule has 0 fully saturated rings. The molecule has 0 aliphatic heterocycles. The Hall–Kier alpha value is -1.94. The van der Waals surface area contributed by atoms with E-state index in [-0.39, 0.29) is 4.92 Å². The topological polar surface area (TPSA) is 52.4 Å². The van der Waals surface area contributed by atoms with Crippen LogP contribution in [0.1, 0.15) is 31.7 Å². The Kier molecular flexibility index (Phi) is 4.91. The third-order valence-corrected chi connectivity index (χ3v) is 3.83. The number of benzene rings is 1. The van der Waals surface area contributed by atoms with Crippen molar-refractivity contribution in [2.24, 2.45) is 0 Å². The SMILES string of the molecule is C=C(C)C[C@@]1([N+](=O)[O-])CCC=C[C@@H]1OCc1ccccc1. The molecule has 0 spiro atoms. The fourth-order valence-electron chi connectivity index (χ4n) is 2.82. The average molecular weight is 287 g/mol. The minimum Gasteiger partial charge on any atom is -0.362 e. The fourth-order valence-corrected chi connectivity index (χ4v) is 2.82. The molecule has 21 heavy (non-hydrogen) atoms. The van der Waals surface area contributed by atoms with Crippen LogP contribution in [0.4, 0.5) is 0 Å².